The van der Waals surface area contributed by atoms with Gasteiger partial charge in [0.15, 0.2) is 0 Å². The summed E-state index contributed by atoms with van der Waals surface area (Å²) in [5.74, 6) is 0.910. The van der Waals surface area contributed by atoms with Crippen LogP contribution >= 0.6 is 0 Å². The minimum absolute atomic E-state index is 0.250. The first-order valence-electron chi connectivity index (χ1n) is 3.09. The molecule has 11 heavy (non-hydrogen) atoms. The van der Waals surface area contributed by atoms with Gasteiger partial charge in [-0.2, -0.15) is 0 Å². The second-order valence-electron chi connectivity index (χ2n) is 1.60. The van der Waals surface area contributed by atoms with Crippen LogP contribution in [0.4, 0.5) is 5.82 Å². The Bertz CT molecular complexity index is 188. The first-order valence-corrected chi connectivity index (χ1v) is 3.09. The molecule has 0 spiro atoms. The number of carbonyl (C=O) groups excluding carboxylic acids is 1. The van der Waals surface area contributed by atoms with Crippen molar-refractivity contribution >= 4 is 12.2 Å². The van der Waals surface area contributed by atoms with E-state index in [9.17, 15) is 0 Å². The molecule has 0 radical (unpaired) electrons. The van der Waals surface area contributed by atoms with Crippen LogP contribution in [0.2, 0.25) is 0 Å². The van der Waals surface area contributed by atoms with Gasteiger partial charge in [-0.05, 0) is 12.1 Å². The molecule has 0 bridgehead atoms. The van der Waals surface area contributed by atoms with E-state index >= 15 is 0 Å². The number of nitrogens with one attached hydrogen (secondary N) is 1. The van der Waals surface area contributed by atoms with E-state index in [0.29, 0.717) is 0 Å². The van der Waals surface area contributed by atoms with Crippen molar-refractivity contribution in [1.29, 1.82) is 0 Å². The summed E-state index contributed by atoms with van der Waals surface area (Å²) in [7, 11) is 1.85. The lowest BCUT2D eigenvalue weighted by Crippen LogP contribution is -1.88. The van der Waals surface area contributed by atoms with Crippen LogP contribution in [0.15, 0.2) is 24.4 Å². The summed E-state index contributed by atoms with van der Waals surface area (Å²) >= 11 is 0. The third kappa shape index (κ3) is 4.90. The SMILES string of the molecule is CNc1ccccn1.NC=O. The van der Waals surface area contributed by atoms with Crippen LogP contribution in [0, 0.1) is 0 Å². The third-order valence-corrected chi connectivity index (χ3v) is 0.921. The lowest BCUT2D eigenvalue weighted by Gasteiger charge is -1.92. The van der Waals surface area contributed by atoms with Gasteiger partial charge in [-0.25, -0.2) is 4.98 Å². The van der Waals surface area contributed by atoms with Crippen LogP contribution in [0.1, 0.15) is 0 Å². The Kier molecular flexibility index (Phi) is 5.60. The summed E-state index contributed by atoms with van der Waals surface area (Å²) in [6, 6.07) is 5.75. The van der Waals surface area contributed by atoms with Crippen molar-refractivity contribution in [2.24, 2.45) is 5.73 Å². The third-order valence-electron chi connectivity index (χ3n) is 0.921. The minimum Gasteiger partial charge on any atom is -0.373 e. The van der Waals surface area contributed by atoms with E-state index < -0.39 is 0 Å². The van der Waals surface area contributed by atoms with Gasteiger partial charge in [-0.15, -0.1) is 0 Å². The fourth-order valence-electron chi connectivity index (χ4n) is 0.511. The molecular formula is C7H11N3O. The van der Waals surface area contributed by atoms with Gasteiger partial charge in [-0.3, -0.25) is 4.79 Å². The summed E-state index contributed by atoms with van der Waals surface area (Å²) in [5, 5.41) is 2.92. The number of pyridine rings is 1. The Hall–Kier alpha value is -1.58. The van der Waals surface area contributed by atoms with Gasteiger partial charge >= 0.3 is 0 Å². The van der Waals surface area contributed by atoms with Gasteiger partial charge in [0, 0.05) is 13.2 Å². The standard InChI is InChI=1S/C6H8N2.CH3NO/c1-7-6-4-2-3-5-8-6;2-1-3/h2-5H,1H3,(H,7,8);1H,(H2,2,3). The molecule has 1 amide bonds. The molecule has 0 atom stereocenters. The number of hydrogen-bond acceptors (Lipinski definition) is 3. The summed E-state index contributed by atoms with van der Waals surface area (Å²) in [5.41, 5.74) is 4.17. The number of nitrogens with zero attached hydrogens (tertiary/aromatic N) is 1. The maximum absolute atomic E-state index is 8.58. The summed E-state index contributed by atoms with van der Waals surface area (Å²) in [6.07, 6.45) is 2.01. The van der Waals surface area contributed by atoms with Crippen LogP contribution in [0.3, 0.4) is 0 Å². The smallest absolute Gasteiger partial charge is 0.204 e. The molecule has 0 unspecified atom stereocenters. The van der Waals surface area contributed by atoms with Crippen LogP contribution in [0.25, 0.3) is 0 Å². The molecule has 1 aromatic heterocycles. The fourth-order valence-corrected chi connectivity index (χ4v) is 0.511. The lowest BCUT2D eigenvalue weighted by atomic mass is 10.5. The molecule has 3 N–H and O–H groups in total. The molecule has 4 heteroatoms. The van der Waals surface area contributed by atoms with Gasteiger partial charge < -0.3 is 11.1 Å². The molecule has 0 aliphatic rings. The highest BCUT2D eigenvalue weighted by Crippen LogP contribution is 1.95. The summed E-state index contributed by atoms with van der Waals surface area (Å²) in [6.45, 7) is 0. The van der Waals surface area contributed by atoms with Gasteiger partial charge in [0.25, 0.3) is 0 Å². The van der Waals surface area contributed by atoms with E-state index in [1.165, 1.54) is 0 Å². The first kappa shape index (κ1) is 9.42. The second-order valence-corrected chi connectivity index (χ2v) is 1.60. The molecule has 0 aromatic carbocycles. The van der Waals surface area contributed by atoms with Crippen molar-refractivity contribution in [3.8, 4) is 0 Å². The van der Waals surface area contributed by atoms with Crippen LogP contribution in [-0.4, -0.2) is 18.4 Å². The quantitative estimate of drug-likeness (QED) is 0.567. The highest BCUT2D eigenvalue weighted by molar-refractivity contribution is 5.42. The summed E-state index contributed by atoms with van der Waals surface area (Å²) in [4.78, 5) is 12.6. The van der Waals surface area contributed by atoms with E-state index in [1.54, 1.807) is 6.20 Å². The topological polar surface area (TPSA) is 68.0 Å². The molecule has 1 rings (SSSR count). The second kappa shape index (κ2) is 6.54. The highest BCUT2D eigenvalue weighted by atomic mass is 16.1. The Morgan fingerprint density at radius 3 is 2.55 bits per heavy atom. The Labute approximate surface area is 65.4 Å². The van der Waals surface area contributed by atoms with Gasteiger partial charge in [-0.1, -0.05) is 6.07 Å². The van der Waals surface area contributed by atoms with Crippen LogP contribution < -0.4 is 11.1 Å². The van der Waals surface area contributed by atoms with Crippen molar-refractivity contribution < 1.29 is 4.79 Å². The molecule has 1 aromatic rings. The van der Waals surface area contributed by atoms with Crippen LogP contribution in [-0.2, 0) is 4.79 Å². The van der Waals surface area contributed by atoms with Crippen molar-refractivity contribution in [3.63, 3.8) is 0 Å². The predicted octanol–water partition coefficient (Wildman–Crippen LogP) is 0.225. The fraction of sp³-hybridized carbons (Fsp3) is 0.143. The minimum atomic E-state index is 0.250. The largest absolute Gasteiger partial charge is 0.373 e. The monoisotopic (exact) mass is 153 g/mol. The number of primary amides is 1. The van der Waals surface area contributed by atoms with Crippen molar-refractivity contribution in [1.82, 2.24) is 4.98 Å². The molecular weight excluding hydrogens is 142 g/mol. The molecule has 0 fully saturated rings. The maximum Gasteiger partial charge on any atom is 0.204 e. The van der Waals surface area contributed by atoms with Crippen LogP contribution in [0.5, 0.6) is 0 Å². The molecule has 0 aliphatic heterocycles. The zero-order valence-electron chi connectivity index (χ0n) is 6.32. The average Bonchev–Trinajstić information content (AvgIpc) is 2.08. The molecule has 0 saturated carbocycles. The molecule has 0 aliphatic carbocycles. The predicted molar refractivity (Wildman–Crippen MR) is 44.0 cm³/mol. The number of rotatable bonds is 1. The van der Waals surface area contributed by atoms with Crippen molar-refractivity contribution in [3.05, 3.63) is 24.4 Å². The van der Waals surface area contributed by atoms with Gasteiger partial charge in [0.05, 0.1) is 0 Å². The molecule has 0 saturated heterocycles. The molecule has 1 heterocycles. The van der Waals surface area contributed by atoms with E-state index in [2.05, 4.69) is 16.0 Å². The van der Waals surface area contributed by atoms with E-state index in [1.807, 2.05) is 25.2 Å². The average molecular weight is 153 g/mol. The number of anilines is 1. The first-order chi connectivity index (χ1) is 5.35. The lowest BCUT2D eigenvalue weighted by molar-refractivity contribution is -0.106. The Morgan fingerprint density at radius 1 is 1.64 bits per heavy atom. The van der Waals surface area contributed by atoms with E-state index in [0.717, 1.165) is 5.82 Å². The number of aromatic nitrogens is 1. The number of hydrogen-bond donors (Lipinski definition) is 2. The number of carbonyl (C=O) groups is 1. The van der Waals surface area contributed by atoms with Crippen molar-refractivity contribution in [2.75, 3.05) is 12.4 Å². The normalized spacial score (nSPS) is 7.36. The number of nitrogens with two attached hydrogens (primary N) is 1. The maximum atomic E-state index is 8.58. The highest BCUT2D eigenvalue weighted by Gasteiger charge is 1.79. The zero-order valence-corrected chi connectivity index (χ0v) is 6.32. The Morgan fingerprint density at radius 2 is 2.27 bits per heavy atom. The van der Waals surface area contributed by atoms with Gasteiger partial charge in [0.2, 0.25) is 6.41 Å². The zero-order chi connectivity index (χ0) is 8.53. The molecule has 4 nitrogen and oxygen atoms in total. The number of amides is 1. The van der Waals surface area contributed by atoms with Gasteiger partial charge in [0.1, 0.15) is 5.82 Å². The Balaban J connectivity index is 0.000000292. The summed E-state index contributed by atoms with van der Waals surface area (Å²) < 4.78 is 0. The molecule has 60 valence electrons. The van der Waals surface area contributed by atoms with E-state index in [-0.39, 0.29) is 6.41 Å². The van der Waals surface area contributed by atoms with Crippen molar-refractivity contribution in [2.45, 2.75) is 0 Å². The van der Waals surface area contributed by atoms with E-state index in [4.69, 9.17) is 4.79 Å².